The minimum atomic E-state index is -0.491. The number of rotatable bonds is 6. The van der Waals surface area contributed by atoms with Crippen molar-refractivity contribution in [3.05, 3.63) is 64.2 Å². The van der Waals surface area contributed by atoms with Crippen molar-refractivity contribution in [2.75, 3.05) is 24.7 Å². The molecule has 0 aliphatic carbocycles. The van der Waals surface area contributed by atoms with Gasteiger partial charge in [-0.05, 0) is 36.3 Å². The fourth-order valence-electron chi connectivity index (χ4n) is 2.70. The van der Waals surface area contributed by atoms with E-state index in [0.29, 0.717) is 31.2 Å². The summed E-state index contributed by atoms with van der Waals surface area (Å²) < 4.78 is 11.0. The first-order valence-corrected chi connectivity index (χ1v) is 8.72. The van der Waals surface area contributed by atoms with Gasteiger partial charge in [0.2, 0.25) is 0 Å². The largest absolute Gasteiger partial charge is 0.494 e. The minimum absolute atomic E-state index is 0.0799. The number of non-ortho nitro benzene ring substituents is 1. The summed E-state index contributed by atoms with van der Waals surface area (Å²) in [5, 5.41) is 11.0. The van der Waals surface area contributed by atoms with Crippen LogP contribution in [0, 0.1) is 10.1 Å². The first-order chi connectivity index (χ1) is 13.1. The van der Waals surface area contributed by atoms with Crippen LogP contribution in [-0.4, -0.2) is 30.6 Å². The van der Waals surface area contributed by atoms with Crippen LogP contribution in [0.25, 0.3) is 6.08 Å². The van der Waals surface area contributed by atoms with Crippen molar-refractivity contribution in [1.82, 2.24) is 0 Å². The van der Waals surface area contributed by atoms with Crippen LogP contribution in [0.4, 0.5) is 11.4 Å². The molecule has 0 radical (unpaired) electrons. The number of amides is 1. The Kier molecular flexibility index (Phi) is 5.71. The Morgan fingerprint density at radius 2 is 2.07 bits per heavy atom. The van der Waals surface area contributed by atoms with Gasteiger partial charge in [0.25, 0.3) is 11.6 Å². The third-order valence-electron chi connectivity index (χ3n) is 4.05. The average molecular weight is 368 g/mol. The summed E-state index contributed by atoms with van der Waals surface area (Å²) in [5.74, 6) is 0.993. The maximum absolute atomic E-state index is 12.6. The van der Waals surface area contributed by atoms with E-state index >= 15 is 0 Å². The second kappa shape index (κ2) is 8.35. The monoisotopic (exact) mass is 368 g/mol. The lowest BCUT2D eigenvalue weighted by atomic mass is 10.2. The summed E-state index contributed by atoms with van der Waals surface area (Å²) in [5.41, 5.74) is 1.19. The van der Waals surface area contributed by atoms with Gasteiger partial charge in [-0.25, -0.2) is 0 Å². The van der Waals surface area contributed by atoms with Crippen molar-refractivity contribution in [1.29, 1.82) is 0 Å². The van der Waals surface area contributed by atoms with E-state index in [1.165, 1.54) is 29.2 Å². The predicted octanol–water partition coefficient (Wildman–Crippen LogP) is 3.82. The van der Waals surface area contributed by atoms with E-state index in [1.54, 1.807) is 6.08 Å². The minimum Gasteiger partial charge on any atom is -0.494 e. The van der Waals surface area contributed by atoms with E-state index in [9.17, 15) is 14.9 Å². The Morgan fingerprint density at radius 3 is 2.78 bits per heavy atom. The van der Waals surface area contributed by atoms with Crippen molar-refractivity contribution < 1.29 is 19.2 Å². The molecule has 140 valence electrons. The van der Waals surface area contributed by atoms with Gasteiger partial charge in [-0.15, -0.1) is 0 Å². The topological polar surface area (TPSA) is 81.9 Å². The number of carbonyl (C=O) groups is 1. The number of nitro benzene ring substituents is 1. The van der Waals surface area contributed by atoms with Gasteiger partial charge in [0, 0.05) is 18.2 Å². The summed E-state index contributed by atoms with van der Waals surface area (Å²) in [4.78, 5) is 24.6. The van der Waals surface area contributed by atoms with Crippen LogP contribution in [0.1, 0.15) is 18.9 Å². The molecule has 27 heavy (non-hydrogen) atoms. The Balaban J connectivity index is 1.74. The zero-order valence-corrected chi connectivity index (χ0v) is 15.0. The van der Waals surface area contributed by atoms with E-state index in [1.807, 2.05) is 31.2 Å². The normalized spacial score (nSPS) is 13.1. The van der Waals surface area contributed by atoms with Crippen molar-refractivity contribution in [3.8, 4) is 11.5 Å². The summed E-state index contributed by atoms with van der Waals surface area (Å²) in [7, 11) is 0. The fourth-order valence-corrected chi connectivity index (χ4v) is 2.70. The van der Waals surface area contributed by atoms with Crippen LogP contribution in [0.15, 0.2) is 48.5 Å². The lowest BCUT2D eigenvalue weighted by molar-refractivity contribution is -0.384. The molecule has 7 nitrogen and oxygen atoms in total. The molecule has 0 saturated heterocycles. The molecule has 0 aromatic heterocycles. The molecular formula is C20H20N2O5. The molecule has 0 atom stereocenters. The van der Waals surface area contributed by atoms with Crippen LogP contribution in [0.3, 0.4) is 0 Å². The number of benzene rings is 2. The molecule has 2 aromatic rings. The molecule has 0 spiro atoms. The molecule has 0 N–H and O–H groups in total. The Labute approximate surface area is 157 Å². The van der Waals surface area contributed by atoms with Gasteiger partial charge >= 0.3 is 0 Å². The second-order valence-corrected chi connectivity index (χ2v) is 6.00. The molecule has 3 rings (SSSR count). The van der Waals surface area contributed by atoms with Crippen molar-refractivity contribution in [2.24, 2.45) is 0 Å². The average Bonchev–Trinajstić information content (AvgIpc) is 2.70. The second-order valence-electron chi connectivity index (χ2n) is 6.00. The van der Waals surface area contributed by atoms with Gasteiger partial charge in [0.05, 0.1) is 23.8 Å². The molecule has 0 unspecified atom stereocenters. The standard InChI is InChI=1S/C20H20N2O5/c1-2-12-26-17-7-3-15(4-8-17)5-10-20(23)21-11-13-27-19-9-6-16(22(24)25)14-18(19)21/h3-10,14H,2,11-13H2,1H3/b10-5+. The van der Waals surface area contributed by atoms with Gasteiger partial charge in [0.15, 0.2) is 0 Å². The van der Waals surface area contributed by atoms with Crippen LogP contribution in [0.5, 0.6) is 11.5 Å². The number of fused-ring (bicyclic) bond motifs is 1. The summed E-state index contributed by atoms with van der Waals surface area (Å²) >= 11 is 0. The molecule has 0 bridgehead atoms. The number of hydrogen-bond acceptors (Lipinski definition) is 5. The van der Waals surface area contributed by atoms with Gasteiger partial charge in [-0.3, -0.25) is 14.9 Å². The van der Waals surface area contributed by atoms with Gasteiger partial charge in [-0.1, -0.05) is 19.1 Å². The molecule has 1 amide bonds. The number of carbonyl (C=O) groups excluding carboxylic acids is 1. The quantitative estimate of drug-likeness (QED) is 0.440. The SMILES string of the molecule is CCCOc1ccc(/C=C/C(=O)N2CCOc3ccc([N+](=O)[O-])cc32)cc1. The number of anilines is 1. The summed E-state index contributed by atoms with van der Waals surface area (Å²) in [6.45, 7) is 3.38. The lowest BCUT2D eigenvalue weighted by Gasteiger charge is -2.28. The van der Waals surface area contributed by atoms with Crippen molar-refractivity contribution in [3.63, 3.8) is 0 Å². The van der Waals surface area contributed by atoms with Crippen LogP contribution < -0.4 is 14.4 Å². The lowest BCUT2D eigenvalue weighted by Crippen LogP contribution is -2.36. The van der Waals surface area contributed by atoms with E-state index in [4.69, 9.17) is 9.47 Å². The Hall–Kier alpha value is -3.35. The summed E-state index contributed by atoms with van der Waals surface area (Å²) in [6, 6.07) is 11.7. The van der Waals surface area contributed by atoms with E-state index in [-0.39, 0.29) is 11.6 Å². The highest BCUT2D eigenvalue weighted by molar-refractivity contribution is 6.05. The number of nitrogens with zero attached hydrogens (tertiary/aromatic N) is 2. The van der Waals surface area contributed by atoms with Gasteiger partial charge in [0.1, 0.15) is 18.1 Å². The molecule has 0 fully saturated rings. The highest BCUT2D eigenvalue weighted by Gasteiger charge is 2.24. The smallest absolute Gasteiger partial charge is 0.271 e. The maximum atomic E-state index is 12.6. The van der Waals surface area contributed by atoms with Gasteiger partial charge < -0.3 is 14.4 Å². The maximum Gasteiger partial charge on any atom is 0.271 e. The zero-order chi connectivity index (χ0) is 19.2. The van der Waals surface area contributed by atoms with E-state index in [0.717, 1.165) is 17.7 Å². The first kappa shape index (κ1) is 18.4. The third kappa shape index (κ3) is 4.44. The van der Waals surface area contributed by atoms with E-state index in [2.05, 4.69) is 0 Å². The zero-order valence-electron chi connectivity index (χ0n) is 15.0. The van der Waals surface area contributed by atoms with E-state index < -0.39 is 4.92 Å². The van der Waals surface area contributed by atoms with Crippen LogP contribution >= 0.6 is 0 Å². The molecular weight excluding hydrogens is 348 g/mol. The molecule has 7 heteroatoms. The van der Waals surface area contributed by atoms with Crippen molar-refractivity contribution in [2.45, 2.75) is 13.3 Å². The van der Waals surface area contributed by atoms with Crippen LogP contribution in [-0.2, 0) is 4.79 Å². The fraction of sp³-hybridized carbons (Fsp3) is 0.250. The Morgan fingerprint density at radius 1 is 1.30 bits per heavy atom. The molecule has 2 aromatic carbocycles. The first-order valence-electron chi connectivity index (χ1n) is 8.72. The number of hydrogen-bond donors (Lipinski definition) is 0. The predicted molar refractivity (Wildman–Crippen MR) is 102 cm³/mol. The van der Waals surface area contributed by atoms with Crippen molar-refractivity contribution >= 4 is 23.4 Å². The molecule has 0 saturated carbocycles. The summed E-state index contributed by atoms with van der Waals surface area (Å²) in [6.07, 6.45) is 4.10. The highest BCUT2D eigenvalue weighted by atomic mass is 16.6. The van der Waals surface area contributed by atoms with Gasteiger partial charge in [-0.2, -0.15) is 0 Å². The number of nitro groups is 1. The van der Waals surface area contributed by atoms with Crippen LogP contribution in [0.2, 0.25) is 0 Å². The number of ether oxygens (including phenoxy) is 2. The molecule has 1 aliphatic rings. The molecule has 1 aliphatic heterocycles. The highest BCUT2D eigenvalue weighted by Crippen LogP contribution is 2.35. The molecule has 1 heterocycles. The Bertz CT molecular complexity index is 861. The third-order valence-corrected chi connectivity index (χ3v) is 4.05.